The van der Waals surface area contributed by atoms with Crippen LogP contribution >= 0.6 is 0 Å². The molecule has 0 saturated carbocycles. The molecule has 1 fully saturated rings. The number of carbonyl (C=O) groups is 1. The van der Waals surface area contributed by atoms with E-state index in [4.69, 9.17) is 0 Å². The maximum Gasteiger partial charge on any atom is 0.296 e. The van der Waals surface area contributed by atoms with Gasteiger partial charge in [-0.25, -0.2) is 9.37 Å². The van der Waals surface area contributed by atoms with E-state index in [0.717, 1.165) is 31.5 Å². The van der Waals surface area contributed by atoms with E-state index in [0.29, 0.717) is 24.4 Å². The molecule has 2 N–H and O–H groups in total. The van der Waals surface area contributed by atoms with E-state index in [9.17, 15) is 19.1 Å². The largest absolute Gasteiger partial charge is 0.501 e. The zero-order valence-electron chi connectivity index (χ0n) is 21.6. The van der Waals surface area contributed by atoms with Gasteiger partial charge in [0.1, 0.15) is 11.6 Å². The molecule has 1 aliphatic rings. The Hall–Kier alpha value is -4.30. The Morgan fingerprint density at radius 3 is 2.31 bits per heavy atom. The molecule has 1 atom stereocenters. The van der Waals surface area contributed by atoms with Crippen molar-refractivity contribution in [2.75, 3.05) is 13.1 Å². The van der Waals surface area contributed by atoms with Gasteiger partial charge in [-0.05, 0) is 48.2 Å². The Kier molecular flexibility index (Phi) is 8.13. The SMILES string of the molecule is O=C(NCc1ccc(F)cc1)c1nc(Cc2ccccc2)n(C2CCCN(Cc3ccccc3)C2)c(=O)c1O. The van der Waals surface area contributed by atoms with Crippen LogP contribution in [0, 0.1) is 5.82 Å². The first-order valence-electron chi connectivity index (χ1n) is 13.1. The van der Waals surface area contributed by atoms with Gasteiger partial charge in [-0.3, -0.25) is 19.1 Å². The number of hydrogen-bond donors (Lipinski definition) is 2. The van der Waals surface area contributed by atoms with Gasteiger partial charge in [-0.15, -0.1) is 0 Å². The van der Waals surface area contributed by atoms with Crippen LogP contribution in [0.2, 0.25) is 0 Å². The minimum atomic E-state index is -0.663. The lowest BCUT2D eigenvalue weighted by Gasteiger charge is -2.34. The minimum Gasteiger partial charge on any atom is -0.501 e. The van der Waals surface area contributed by atoms with Crippen LogP contribution in [0.25, 0.3) is 0 Å². The molecule has 1 amide bonds. The summed E-state index contributed by atoms with van der Waals surface area (Å²) in [7, 11) is 0. The van der Waals surface area contributed by atoms with Crippen LogP contribution < -0.4 is 10.9 Å². The van der Waals surface area contributed by atoms with Gasteiger partial charge in [0.25, 0.3) is 11.5 Å². The van der Waals surface area contributed by atoms with Gasteiger partial charge in [0.2, 0.25) is 5.75 Å². The lowest BCUT2D eigenvalue weighted by Crippen LogP contribution is -2.41. The second-order valence-electron chi connectivity index (χ2n) is 9.89. The number of aromatic hydroxyl groups is 1. The summed E-state index contributed by atoms with van der Waals surface area (Å²) >= 11 is 0. The molecule has 1 saturated heterocycles. The highest BCUT2D eigenvalue weighted by atomic mass is 19.1. The predicted molar refractivity (Wildman–Crippen MR) is 147 cm³/mol. The monoisotopic (exact) mass is 526 g/mol. The highest BCUT2D eigenvalue weighted by Gasteiger charge is 2.28. The number of nitrogens with one attached hydrogen (secondary N) is 1. The summed E-state index contributed by atoms with van der Waals surface area (Å²) in [4.78, 5) is 33.5. The molecule has 0 spiro atoms. The molecular formula is C31H31FN4O3. The number of carbonyl (C=O) groups excluding carboxylic acids is 1. The minimum absolute atomic E-state index is 0.106. The lowest BCUT2D eigenvalue weighted by atomic mass is 10.0. The summed E-state index contributed by atoms with van der Waals surface area (Å²) in [6, 6.07) is 25.4. The van der Waals surface area contributed by atoms with Crippen LogP contribution in [-0.4, -0.2) is 38.6 Å². The Morgan fingerprint density at radius 1 is 0.949 bits per heavy atom. The summed E-state index contributed by atoms with van der Waals surface area (Å²) in [6.45, 7) is 2.42. The number of amides is 1. The van der Waals surface area contributed by atoms with Crippen LogP contribution in [0.3, 0.4) is 0 Å². The van der Waals surface area contributed by atoms with Gasteiger partial charge in [0.05, 0.1) is 6.04 Å². The summed E-state index contributed by atoms with van der Waals surface area (Å²) in [5, 5.41) is 13.6. The van der Waals surface area contributed by atoms with E-state index in [2.05, 4.69) is 27.3 Å². The molecule has 0 aliphatic carbocycles. The molecule has 3 aromatic carbocycles. The fourth-order valence-electron chi connectivity index (χ4n) is 5.10. The van der Waals surface area contributed by atoms with Gasteiger partial charge in [-0.2, -0.15) is 0 Å². The fraction of sp³-hybridized carbons (Fsp3) is 0.258. The Balaban J connectivity index is 1.44. The number of rotatable bonds is 8. The van der Waals surface area contributed by atoms with E-state index >= 15 is 0 Å². The number of piperidine rings is 1. The van der Waals surface area contributed by atoms with Gasteiger partial charge in [-0.1, -0.05) is 72.8 Å². The molecule has 200 valence electrons. The number of likely N-dealkylation sites (tertiary alicyclic amines) is 1. The summed E-state index contributed by atoms with van der Waals surface area (Å²) < 4.78 is 14.8. The van der Waals surface area contributed by atoms with Crippen molar-refractivity contribution in [1.29, 1.82) is 0 Å². The second-order valence-corrected chi connectivity index (χ2v) is 9.89. The molecule has 4 aromatic rings. The van der Waals surface area contributed by atoms with Crippen LogP contribution in [0.1, 0.15) is 51.9 Å². The molecule has 1 unspecified atom stereocenters. The average Bonchev–Trinajstić information content (AvgIpc) is 2.96. The fourth-order valence-corrected chi connectivity index (χ4v) is 5.10. The third-order valence-electron chi connectivity index (χ3n) is 7.05. The lowest BCUT2D eigenvalue weighted by molar-refractivity contribution is 0.0940. The van der Waals surface area contributed by atoms with Crippen molar-refractivity contribution in [2.24, 2.45) is 0 Å². The molecule has 7 nitrogen and oxygen atoms in total. The molecule has 39 heavy (non-hydrogen) atoms. The molecular weight excluding hydrogens is 495 g/mol. The molecule has 8 heteroatoms. The van der Waals surface area contributed by atoms with E-state index in [1.54, 1.807) is 16.7 Å². The van der Waals surface area contributed by atoms with Crippen molar-refractivity contribution in [3.05, 3.63) is 129 Å². The normalized spacial score (nSPS) is 15.7. The molecule has 0 bridgehead atoms. The van der Waals surface area contributed by atoms with Crippen LogP contribution in [0.15, 0.2) is 89.7 Å². The van der Waals surface area contributed by atoms with Crippen LogP contribution in [-0.2, 0) is 19.5 Å². The Morgan fingerprint density at radius 2 is 1.62 bits per heavy atom. The highest BCUT2D eigenvalue weighted by Crippen LogP contribution is 2.25. The third-order valence-corrected chi connectivity index (χ3v) is 7.05. The van der Waals surface area contributed by atoms with E-state index in [1.807, 2.05) is 48.5 Å². The van der Waals surface area contributed by atoms with Crippen molar-refractivity contribution >= 4 is 5.91 Å². The quantitative estimate of drug-likeness (QED) is 0.354. The number of aromatic nitrogens is 2. The molecule has 5 rings (SSSR count). The molecule has 1 aromatic heterocycles. The first-order valence-corrected chi connectivity index (χ1v) is 13.1. The standard InChI is InChI=1S/C31H31FN4O3/c32-25-15-13-23(14-16-25)19-33-30(38)28-29(37)31(39)36(27(34-28)18-22-8-3-1-4-9-22)26-12-7-17-35(21-26)20-24-10-5-2-6-11-24/h1-6,8-11,13-16,26,37H,7,12,17-21H2,(H,33,38). The molecule has 1 aliphatic heterocycles. The Bertz CT molecular complexity index is 1470. The van der Waals surface area contributed by atoms with Crippen molar-refractivity contribution in [2.45, 2.75) is 38.4 Å². The molecule has 0 radical (unpaired) electrons. The summed E-state index contributed by atoms with van der Waals surface area (Å²) in [5.74, 6) is -1.26. The zero-order valence-corrected chi connectivity index (χ0v) is 21.6. The van der Waals surface area contributed by atoms with E-state index < -0.39 is 17.2 Å². The summed E-state index contributed by atoms with van der Waals surface area (Å²) in [6.07, 6.45) is 2.00. The predicted octanol–water partition coefficient (Wildman–Crippen LogP) is 4.45. The Labute approximate surface area is 226 Å². The highest BCUT2D eigenvalue weighted by molar-refractivity contribution is 5.94. The van der Waals surface area contributed by atoms with E-state index in [-0.39, 0.29) is 24.1 Å². The van der Waals surface area contributed by atoms with Crippen molar-refractivity contribution in [3.63, 3.8) is 0 Å². The molecule has 2 heterocycles. The van der Waals surface area contributed by atoms with Crippen molar-refractivity contribution in [3.8, 4) is 5.75 Å². The van der Waals surface area contributed by atoms with Crippen molar-refractivity contribution in [1.82, 2.24) is 19.8 Å². The summed E-state index contributed by atoms with van der Waals surface area (Å²) in [5.41, 5.74) is 1.90. The number of halogens is 1. The first-order chi connectivity index (χ1) is 19.0. The van der Waals surface area contributed by atoms with Gasteiger partial charge in [0, 0.05) is 26.1 Å². The number of benzene rings is 3. The van der Waals surface area contributed by atoms with Gasteiger partial charge in [0.15, 0.2) is 5.69 Å². The second kappa shape index (κ2) is 12.0. The van der Waals surface area contributed by atoms with Gasteiger partial charge < -0.3 is 10.4 Å². The average molecular weight is 527 g/mol. The topological polar surface area (TPSA) is 87.5 Å². The van der Waals surface area contributed by atoms with Crippen molar-refractivity contribution < 1.29 is 14.3 Å². The van der Waals surface area contributed by atoms with E-state index in [1.165, 1.54) is 17.7 Å². The van der Waals surface area contributed by atoms with Crippen LogP contribution in [0.4, 0.5) is 4.39 Å². The number of hydrogen-bond acceptors (Lipinski definition) is 5. The maximum atomic E-state index is 13.6. The number of nitrogens with zero attached hydrogens (tertiary/aromatic N) is 3. The smallest absolute Gasteiger partial charge is 0.296 e. The van der Waals surface area contributed by atoms with Crippen LogP contribution in [0.5, 0.6) is 5.75 Å². The maximum absolute atomic E-state index is 13.6. The van der Waals surface area contributed by atoms with Gasteiger partial charge >= 0.3 is 0 Å². The zero-order chi connectivity index (χ0) is 27.2. The first kappa shape index (κ1) is 26.3. The third kappa shape index (κ3) is 6.41.